The van der Waals surface area contributed by atoms with Crippen LogP contribution in [0.25, 0.3) is 0 Å². The standard InChI is InChI=1S/C27H32O6/c1-7-23(28)32-25(9-3)30-21-15-11-19(12-16-21)27(5,6)20-13-17-22(18-14-20)31-26(10-4)33-24(29)8-2/h7-8,11-18,25-26H,1-2,9-10H2,3-6H3. The minimum absolute atomic E-state index is 0.282. The van der Waals surface area contributed by atoms with Crippen LogP contribution >= 0.6 is 0 Å². The summed E-state index contributed by atoms with van der Waals surface area (Å²) in [6, 6.07) is 15.4. The molecule has 176 valence electrons. The summed E-state index contributed by atoms with van der Waals surface area (Å²) < 4.78 is 21.9. The number of benzene rings is 2. The van der Waals surface area contributed by atoms with E-state index in [1.165, 1.54) is 0 Å². The summed E-state index contributed by atoms with van der Waals surface area (Å²) in [5.74, 6) is 0.190. The molecule has 2 aromatic rings. The monoisotopic (exact) mass is 452 g/mol. The molecule has 0 saturated heterocycles. The fraction of sp³-hybridized carbons (Fsp3) is 0.333. The highest BCUT2D eigenvalue weighted by Gasteiger charge is 2.24. The van der Waals surface area contributed by atoms with Crippen molar-refractivity contribution in [2.75, 3.05) is 0 Å². The van der Waals surface area contributed by atoms with Gasteiger partial charge in [-0.1, -0.05) is 65.1 Å². The van der Waals surface area contributed by atoms with Crippen molar-refractivity contribution in [2.24, 2.45) is 0 Å². The van der Waals surface area contributed by atoms with E-state index < -0.39 is 24.5 Å². The molecule has 0 N–H and O–H groups in total. The molecule has 6 heteroatoms. The van der Waals surface area contributed by atoms with Crippen molar-refractivity contribution in [2.45, 2.75) is 58.5 Å². The van der Waals surface area contributed by atoms with Gasteiger partial charge in [0.15, 0.2) is 0 Å². The third kappa shape index (κ3) is 7.24. The first-order chi connectivity index (χ1) is 15.7. The highest BCUT2D eigenvalue weighted by molar-refractivity contribution is 5.81. The Bertz CT molecular complexity index is 866. The van der Waals surface area contributed by atoms with Gasteiger partial charge < -0.3 is 18.9 Å². The SMILES string of the molecule is C=CC(=O)OC(CC)Oc1ccc(C(C)(C)c2ccc(OC(CC)OC(=O)C=C)cc2)cc1. The van der Waals surface area contributed by atoms with Gasteiger partial charge in [-0.25, -0.2) is 9.59 Å². The van der Waals surface area contributed by atoms with Crippen LogP contribution in [0.2, 0.25) is 0 Å². The highest BCUT2D eigenvalue weighted by atomic mass is 16.7. The normalized spacial score (nSPS) is 12.7. The van der Waals surface area contributed by atoms with Gasteiger partial charge in [-0.3, -0.25) is 0 Å². The molecule has 0 spiro atoms. The first-order valence-corrected chi connectivity index (χ1v) is 10.9. The molecule has 0 aromatic heterocycles. The maximum atomic E-state index is 11.4. The maximum absolute atomic E-state index is 11.4. The smallest absolute Gasteiger partial charge is 0.333 e. The van der Waals surface area contributed by atoms with Crippen LogP contribution in [0.1, 0.15) is 51.7 Å². The second-order valence-electron chi connectivity index (χ2n) is 7.87. The summed E-state index contributed by atoms with van der Waals surface area (Å²) in [7, 11) is 0. The van der Waals surface area contributed by atoms with Crippen LogP contribution in [-0.2, 0) is 24.5 Å². The Morgan fingerprint density at radius 2 is 1.09 bits per heavy atom. The second-order valence-corrected chi connectivity index (χ2v) is 7.87. The lowest BCUT2D eigenvalue weighted by molar-refractivity contribution is -0.158. The number of carbonyl (C=O) groups is 2. The van der Waals surface area contributed by atoms with E-state index >= 15 is 0 Å². The lowest BCUT2D eigenvalue weighted by atomic mass is 9.78. The molecule has 2 aromatic carbocycles. The van der Waals surface area contributed by atoms with Gasteiger partial charge in [-0.05, 0) is 35.4 Å². The third-order valence-corrected chi connectivity index (χ3v) is 5.18. The van der Waals surface area contributed by atoms with Crippen LogP contribution in [-0.4, -0.2) is 24.5 Å². The topological polar surface area (TPSA) is 71.1 Å². The number of hydrogen-bond acceptors (Lipinski definition) is 6. The molecule has 2 unspecified atom stereocenters. The minimum Gasteiger partial charge on any atom is -0.455 e. The lowest BCUT2D eigenvalue weighted by Crippen LogP contribution is -2.23. The van der Waals surface area contributed by atoms with Gasteiger partial charge in [0, 0.05) is 30.4 Å². The van der Waals surface area contributed by atoms with Crippen LogP contribution in [0.5, 0.6) is 11.5 Å². The molecular weight excluding hydrogens is 420 g/mol. The van der Waals surface area contributed by atoms with Gasteiger partial charge in [-0.15, -0.1) is 0 Å². The molecule has 0 aliphatic heterocycles. The van der Waals surface area contributed by atoms with Crippen LogP contribution in [0.4, 0.5) is 0 Å². The molecule has 2 atom stereocenters. The van der Waals surface area contributed by atoms with Crippen molar-refractivity contribution < 1.29 is 28.5 Å². The molecule has 33 heavy (non-hydrogen) atoms. The van der Waals surface area contributed by atoms with Gasteiger partial charge in [-0.2, -0.15) is 0 Å². The van der Waals surface area contributed by atoms with Crippen LogP contribution < -0.4 is 9.47 Å². The van der Waals surface area contributed by atoms with E-state index in [0.29, 0.717) is 24.3 Å². The van der Waals surface area contributed by atoms with Crippen molar-refractivity contribution in [1.82, 2.24) is 0 Å². The van der Waals surface area contributed by atoms with E-state index in [1.807, 2.05) is 62.4 Å². The molecule has 0 amide bonds. The summed E-state index contributed by atoms with van der Waals surface area (Å²) >= 11 is 0. The van der Waals surface area contributed by atoms with Crippen molar-refractivity contribution in [1.29, 1.82) is 0 Å². The molecule has 0 bridgehead atoms. The van der Waals surface area contributed by atoms with Gasteiger partial charge in [0.2, 0.25) is 12.6 Å². The average molecular weight is 453 g/mol. The summed E-state index contributed by atoms with van der Waals surface area (Å²) in [4.78, 5) is 22.8. The molecule has 0 aliphatic carbocycles. The molecule has 6 nitrogen and oxygen atoms in total. The minimum atomic E-state index is -0.667. The third-order valence-electron chi connectivity index (χ3n) is 5.18. The Morgan fingerprint density at radius 3 is 1.36 bits per heavy atom. The Labute approximate surface area is 195 Å². The molecule has 0 heterocycles. The maximum Gasteiger partial charge on any atom is 0.333 e. The zero-order chi connectivity index (χ0) is 24.4. The molecule has 2 rings (SSSR count). The van der Waals surface area contributed by atoms with E-state index in [0.717, 1.165) is 23.3 Å². The second kappa shape index (κ2) is 11.9. The van der Waals surface area contributed by atoms with E-state index in [1.54, 1.807) is 0 Å². The van der Waals surface area contributed by atoms with Crippen molar-refractivity contribution in [3.05, 3.63) is 85.0 Å². The number of esters is 2. The zero-order valence-corrected chi connectivity index (χ0v) is 19.7. The molecule has 0 aliphatic rings. The predicted molar refractivity (Wildman–Crippen MR) is 127 cm³/mol. The average Bonchev–Trinajstić information content (AvgIpc) is 2.83. The first kappa shape index (κ1) is 25.7. The molecule has 0 radical (unpaired) electrons. The van der Waals surface area contributed by atoms with Crippen LogP contribution in [0.3, 0.4) is 0 Å². The van der Waals surface area contributed by atoms with Crippen molar-refractivity contribution in [3.8, 4) is 11.5 Å². The van der Waals surface area contributed by atoms with Gasteiger partial charge >= 0.3 is 11.9 Å². The number of ether oxygens (including phenoxy) is 4. The lowest BCUT2D eigenvalue weighted by Gasteiger charge is -2.27. The van der Waals surface area contributed by atoms with E-state index in [4.69, 9.17) is 18.9 Å². The Morgan fingerprint density at radius 1 is 0.758 bits per heavy atom. The molecular formula is C27H32O6. The van der Waals surface area contributed by atoms with Gasteiger partial charge in [0.05, 0.1) is 0 Å². The Balaban J connectivity index is 2.09. The molecule has 0 saturated carbocycles. The van der Waals surface area contributed by atoms with Gasteiger partial charge in [0.25, 0.3) is 0 Å². The Hall–Kier alpha value is -3.54. The fourth-order valence-electron chi connectivity index (χ4n) is 3.11. The van der Waals surface area contributed by atoms with Crippen LogP contribution in [0.15, 0.2) is 73.8 Å². The van der Waals surface area contributed by atoms with Crippen molar-refractivity contribution >= 4 is 11.9 Å². The van der Waals surface area contributed by atoms with Gasteiger partial charge in [0.1, 0.15) is 11.5 Å². The first-order valence-electron chi connectivity index (χ1n) is 10.9. The van der Waals surface area contributed by atoms with E-state index in [-0.39, 0.29) is 5.41 Å². The number of rotatable bonds is 12. The zero-order valence-electron chi connectivity index (χ0n) is 19.7. The predicted octanol–water partition coefficient (Wildman–Crippen LogP) is 5.70. The summed E-state index contributed by atoms with van der Waals surface area (Å²) in [6.45, 7) is 14.8. The van der Waals surface area contributed by atoms with E-state index in [9.17, 15) is 9.59 Å². The van der Waals surface area contributed by atoms with Crippen LogP contribution in [0, 0.1) is 0 Å². The Kier molecular flexibility index (Phi) is 9.28. The largest absolute Gasteiger partial charge is 0.455 e. The number of hydrogen-bond donors (Lipinski definition) is 0. The number of carbonyl (C=O) groups excluding carboxylic acids is 2. The quantitative estimate of drug-likeness (QED) is 0.234. The summed E-state index contributed by atoms with van der Waals surface area (Å²) in [5, 5.41) is 0. The van der Waals surface area contributed by atoms with E-state index in [2.05, 4.69) is 27.0 Å². The summed E-state index contributed by atoms with van der Waals surface area (Å²) in [6.07, 6.45) is 1.94. The van der Waals surface area contributed by atoms with Crippen molar-refractivity contribution in [3.63, 3.8) is 0 Å². The fourth-order valence-corrected chi connectivity index (χ4v) is 3.11. The highest BCUT2D eigenvalue weighted by Crippen LogP contribution is 2.33. The molecule has 0 fully saturated rings. The summed E-state index contributed by atoms with van der Waals surface area (Å²) in [5.41, 5.74) is 1.90.